The molecule has 146 valence electrons. The highest BCUT2D eigenvalue weighted by atomic mass is 28.4. The summed E-state index contributed by atoms with van der Waals surface area (Å²) in [6, 6.07) is 30.9. The van der Waals surface area contributed by atoms with E-state index in [0.29, 0.717) is 6.61 Å². The van der Waals surface area contributed by atoms with Crippen LogP contribution in [0.25, 0.3) is 0 Å². The van der Waals surface area contributed by atoms with Crippen molar-refractivity contribution in [2.45, 2.75) is 19.1 Å². The maximum Gasteiger partial charge on any atom is 0.407 e. The van der Waals surface area contributed by atoms with Crippen LogP contribution < -0.4 is 10.4 Å². The van der Waals surface area contributed by atoms with E-state index in [2.05, 4.69) is 48.5 Å². The molecule has 3 atom stereocenters. The summed E-state index contributed by atoms with van der Waals surface area (Å²) < 4.78 is 13.5. The first-order chi connectivity index (χ1) is 14.3. The SMILES string of the molecule is C[C@@H]1O[Si](c2ccccc2)(c2ccccc2)OCC2=NO[C@H](c3ccccc3)[C@H]21. The van der Waals surface area contributed by atoms with Crippen LogP contribution in [0.2, 0.25) is 0 Å². The summed E-state index contributed by atoms with van der Waals surface area (Å²) in [5.41, 5.74) is 2.04. The minimum atomic E-state index is -2.88. The summed E-state index contributed by atoms with van der Waals surface area (Å²) >= 11 is 0. The summed E-state index contributed by atoms with van der Waals surface area (Å²) in [5.74, 6) is 0.0270. The average Bonchev–Trinajstić information content (AvgIpc) is 3.16. The van der Waals surface area contributed by atoms with E-state index < -0.39 is 8.56 Å². The number of nitrogens with zero attached hydrogens (tertiary/aromatic N) is 1. The average molecular weight is 402 g/mol. The van der Waals surface area contributed by atoms with E-state index in [1.807, 2.05) is 54.6 Å². The maximum absolute atomic E-state index is 6.89. The van der Waals surface area contributed by atoms with Crippen molar-refractivity contribution < 1.29 is 13.7 Å². The lowest BCUT2D eigenvalue weighted by Gasteiger charge is -2.33. The highest BCUT2D eigenvalue weighted by Crippen LogP contribution is 2.38. The second-order valence-electron chi connectivity index (χ2n) is 7.51. The van der Waals surface area contributed by atoms with Crippen molar-refractivity contribution >= 4 is 24.6 Å². The standard InChI is InChI=1S/C24H23NO3Si/c1-18-23-22(25-27-24(23)19-11-5-2-6-12-19)17-26-29(28-18,20-13-7-3-8-14-20)21-15-9-4-10-16-21/h2-16,18,23-24H,17H2,1H3/t18-,23-,24+/m0/s1. The van der Waals surface area contributed by atoms with E-state index in [0.717, 1.165) is 21.6 Å². The van der Waals surface area contributed by atoms with Crippen LogP contribution in [0.5, 0.6) is 0 Å². The Morgan fingerprint density at radius 1 is 0.793 bits per heavy atom. The molecule has 29 heavy (non-hydrogen) atoms. The number of hydrogen-bond donors (Lipinski definition) is 0. The van der Waals surface area contributed by atoms with Crippen molar-refractivity contribution in [1.82, 2.24) is 0 Å². The van der Waals surface area contributed by atoms with E-state index in [-0.39, 0.29) is 18.1 Å². The molecule has 2 heterocycles. The normalized spacial score (nSPS) is 25.4. The number of fused-ring (bicyclic) bond motifs is 1. The van der Waals surface area contributed by atoms with Gasteiger partial charge in [-0.15, -0.1) is 0 Å². The molecule has 0 unspecified atom stereocenters. The van der Waals surface area contributed by atoms with Gasteiger partial charge in [0.2, 0.25) is 0 Å². The predicted octanol–water partition coefficient (Wildman–Crippen LogP) is 3.42. The number of rotatable bonds is 3. The molecule has 5 rings (SSSR count). The Morgan fingerprint density at radius 2 is 1.34 bits per heavy atom. The van der Waals surface area contributed by atoms with E-state index in [9.17, 15) is 0 Å². The van der Waals surface area contributed by atoms with Crippen molar-refractivity contribution in [2.24, 2.45) is 11.1 Å². The molecule has 4 nitrogen and oxygen atoms in total. The zero-order valence-corrected chi connectivity index (χ0v) is 17.3. The molecular weight excluding hydrogens is 378 g/mol. The lowest BCUT2D eigenvalue weighted by molar-refractivity contribution is 0.0227. The van der Waals surface area contributed by atoms with Gasteiger partial charge in [-0.25, -0.2) is 0 Å². The van der Waals surface area contributed by atoms with Gasteiger partial charge in [0.05, 0.1) is 24.3 Å². The third-order valence-electron chi connectivity index (χ3n) is 5.71. The van der Waals surface area contributed by atoms with Crippen LogP contribution in [0.4, 0.5) is 0 Å². The summed E-state index contributed by atoms with van der Waals surface area (Å²) in [6.45, 7) is 2.53. The summed E-state index contributed by atoms with van der Waals surface area (Å²) in [5, 5.41) is 6.63. The fourth-order valence-electron chi connectivity index (χ4n) is 4.31. The molecule has 3 aromatic carbocycles. The number of oxime groups is 1. The van der Waals surface area contributed by atoms with Crippen molar-refractivity contribution in [3.05, 3.63) is 96.6 Å². The van der Waals surface area contributed by atoms with Gasteiger partial charge in [0.1, 0.15) is 0 Å². The van der Waals surface area contributed by atoms with Gasteiger partial charge in [-0.1, -0.05) is 96.2 Å². The first-order valence-electron chi connectivity index (χ1n) is 9.98. The molecule has 0 spiro atoms. The van der Waals surface area contributed by atoms with Crippen LogP contribution in [0.3, 0.4) is 0 Å². The minimum absolute atomic E-state index is 0.0270. The molecule has 0 saturated carbocycles. The molecule has 0 N–H and O–H groups in total. The smallest absolute Gasteiger partial charge is 0.387 e. The largest absolute Gasteiger partial charge is 0.407 e. The van der Waals surface area contributed by atoms with Crippen molar-refractivity contribution in [2.75, 3.05) is 6.61 Å². The van der Waals surface area contributed by atoms with E-state index in [4.69, 9.17) is 13.7 Å². The van der Waals surface area contributed by atoms with Gasteiger partial charge < -0.3 is 13.7 Å². The molecule has 3 aromatic rings. The van der Waals surface area contributed by atoms with Gasteiger partial charge in [0.25, 0.3) is 0 Å². The number of benzene rings is 3. The van der Waals surface area contributed by atoms with Gasteiger partial charge in [-0.3, -0.25) is 0 Å². The fraction of sp³-hybridized carbons (Fsp3) is 0.208. The molecule has 0 aliphatic carbocycles. The summed E-state index contributed by atoms with van der Waals surface area (Å²) in [7, 11) is -2.88. The molecule has 1 saturated heterocycles. The van der Waals surface area contributed by atoms with Crippen LogP contribution >= 0.6 is 0 Å². The molecule has 2 aliphatic rings. The second kappa shape index (κ2) is 7.59. The molecule has 0 amide bonds. The summed E-state index contributed by atoms with van der Waals surface area (Å²) in [6.07, 6.45) is -0.253. The van der Waals surface area contributed by atoms with Crippen LogP contribution in [0.1, 0.15) is 18.6 Å². The highest BCUT2D eigenvalue weighted by Gasteiger charge is 2.52. The third-order valence-corrected chi connectivity index (χ3v) is 9.15. The molecule has 2 aliphatic heterocycles. The Bertz CT molecular complexity index is 955. The maximum atomic E-state index is 6.89. The van der Waals surface area contributed by atoms with Crippen LogP contribution in [-0.4, -0.2) is 27.0 Å². The minimum Gasteiger partial charge on any atom is -0.387 e. The van der Waals surface area contributed by atoms with Crippen LogP contribution in [0.15, 0.2) is 96.2 Å². The zero-order chi connectivity index (χ0) is 19.7. The predicted molar refractivity (Wildman–Crippen MR) is 116 cm³/mol. The highest BCUT2D eigenvalue weighted by molar-refractivity contribution is 6.92. The molecular formula is C24H23NO3Si. The van der Waals surface area contributed by atoms with Crippen LogP contribution in [0, 0.1) is 5.92 Å². The second-order valence-corrected chi connectivity index (χ2v) is 10.4. The molecule has 0 bridgehead atoms. The Labute approximate surface area is 172 Å². The van der Waals surface area contributed by atoms with Gasteiger partial charge in [-0.05, 0) is 22.9 Å². The van der Waals surface area contributed by atoms with Crippen LogP contribution in [-0.2, 0) is 13.7 Å². The first-order valence-corrected chi connectivity index (χ1v) is 11.8. The first kappa shape index (κ1) is 18.3. The van der Waals surface area contributed by atoms with Gasteiger partial charge in [0, 0.05) is 0 Å². The van der Waals surface area contributed by atoms with Crippen molar-refractivity contribution in [1.29, 1.82) is 0 Å². The quantitative estimate of drug-likeness (QED) is 0.632. The van der Waals surface area contributed by atoms with E-state index >= 15 is 0 Å². The molecule has 5 heteroatoms. The third kappa shape index (κ3) is 3.21. The van der Waals surface area contributed by atoms with Crippen molar-refractivity contribution in [3.8, 4) is 0 Å². The van der Waals surface area contributed by atoms with Crippen molar-refractivity contribution in [3.63, 3.8) is 0 Å². The van der Waals surface area contributed by atoms with Gasteiger partial charge >= 0.3 is 8.56 Å². The topological polar surface area (TPSA) is 40.0 Å². The monoisotopic (exact) mass is 401 g/mol. The Balaban J connectivity index is 1.57. The Hall–Kier alpha value is -2.73. The van der Waals surface area contributed by atoms with Gasteiger partial charge in [-0.2, -0.15) is 0 Å². The molecule has 0 radical (unpaired) electrons. The Kier molecular flexibility index (Phi) is 4.79. The van der Waals surface area contributed by atoms with Gasteiger partial charge in [0.15, 0.2) is 6.10 Å². The lowest BCUT2D eigenvalue weighted by atomic mass is 9.88. The molecule has 1 fully saturated rings. The Morgan fingerprint density at radius 3 is 1.93 bits per heavy atom. The van der Waals surface area contributed by atoms with E-state index in [1.54, 1.807) is 0 Å². The molecule has 0 aromatic heterocycles. The fourth-order valence-corrected chi connectivity index (χ4v) is 7.60. The van der Waals surface area contributed by atoms with E-state index in [1.165, 1.54) is 0 Å². The zero-order valence-electron chi connectivity index (χ0n) is 16.3. The number of hydrogen-bond acceptors (Lipinski definition) is 4. The summed E-state index contributed by atoms with van der Waals surface area (Å²) in [4.78, 5) is 5.83. The lowest BCUT2D eigenvalue weighted by Crippen LogP contribution is -2.64.